The smallest absolute Gasteiger partial charge is 0.225 e. The number of hydrogen-bond donors (Lipinski definition) is 2. The van der Waals surface area contributed by atoms with Gasteiger partial charge in [0.15, 0.2) is 0 Å². The zero-order valence-electron chi connectivity index (χ0n) is 13.2. The Bertz CT molecular complexity index is 696. The van der Waals surface area contributed by atoms with Crippen molar-refractivity contribution < 1.29 is 14.3 Å². The van der Waals surface area contributed by atoms with Crippen LogP contribution < -0.4 is 5.32 Å². The highest BCUT2D eigenvalue weighted by molar-refractivity contribution is 5.89. The molecule has 0 spiro atoms. The summed E-state index contributed by atoms with van der Waals surface area (Å²) < 4.78 is 5.65. The van der Waals surface area contributed by atoms with Crippen LogP contribution in [0.25, 0.3) is 11.0 Å². The number of nitrogens with one attached hydrogen (secondary N) is 1. The van der Waals surface area contributed by atoms with Crippen LogP contribution in [0.5, 0.6) is 0 Å². The largest absolute Gasteiger partial charge is 0.464 e. The lowest BCUT2D eigenvalue weighted by atomic mass is 9.98. The van der Waals surface area contributed by atoms with Crippen LogP contribution in [0.3, 0.4) is 0 Å². The first-order valence-corrected chi connectivity index (χ1v) is 7.93. The van der Waals surface area contributed by atoms with Gasteiger partial charge in [-0.05, 0) is 37.8 Å². The summed E-state index contributed by atoms with van der Waals surface area (Å²) in [5.41, 5.74) is 3.65. The zero-order valence-corrected chi connectivity index (χ0v) is 13.2. The molecule has 118 valence electrons. The summed E-state index contributed by atoms with van der Waals surface area (Å²) in [5, 5.41) is 13.6. The maximum absolute atomic E-state index is 12.4. The Hall–Kier alpha value is -1.81. The SMILES string of the molecule is Cc1ccc2c(CC(=O)NC3(CO)CCCC3)coc2c1C. The minimum absolute atomic E-state index is 0.0170. The number of aliphatic hydroxyl groups excluding tert-OH is 1. The number of furan rings is 1. The molecule has 1 saturated carbocycles. The summed E-state index contributed by atoms with van der Waals surface area (Å²) >= 11 is 0. The number of fused-ring (bicyclic) bond motifs is 1. The number of aryl methyl sites for hydroxylation is 2. The summed E-state index contributed by atoms with van der Waals surface area (Å²) in [4.78, 5) is 12.4. The lowest BCUT2D eigenvalue weighted by molar-refractivity contribution is -0.122. The molecule has 0 saturated heterocycles. The fourth-order valence-electron chi connectivity index (χ4n) is 3.41. The molecule has 2 aromatic rings. The molecule has 1 heterocycles. The van der Waals surface area contributed by atoms with Crippen molar-refractivity contribution in [3.63, 3.8) is 0 Å². The predicted octanol–water partition coefficient (Wildman–Crippen LogP) is 3.01. The van der Waals surface area contributed by atoms with Crippen LogP contribution >= 0.6 is 0 Å². The topological polar surface area (TPSA) is 62.5 Å². The van der Waals surface area contributed by atoms with E-state index in [9.17, 15) is 9.90 Å². The van der Waals surface area contributed by atoms with Gasteiger partial charge in [0.05, 0.1) is 24.8 Å². The molecule has 1 aromatic heterocycles. The van der Waals surface area contributed by atoms with E-state index in [2.05, 4.69) is 18.3 Å². The fraction of sp³-hybridized carbons (Fsp3) is 0.500. The molecular formula is C18H23NO3. The van der Waals surface area contributed by atoms with E-state index in [1.165, 1.54) is 5.56 Å². The number of carbonyl (C=O) groups excluding carboxylic acids is 1. The Labute approximate surface area is 130 Å². The van der Waals surface area contributed by atoms with E-state index in [1.807, 2.05) is 13.0 Å². The van der Waals surface area contributed by atoms with Gasteiger partial charge in [-0.15, -0.1) is 0 Å². The first-order valence-electron chi connectivity index (χ1n) is 7.93. The van der Waals surface area contributed by atoms with Crippen molar-refractivity contribution in [3.05, 3.63) is 35.1 Å². The minimum atomic E-state index is -0.414. The van der Waals surface area contributed by atoms with E-state index in [-0.39, 0.29) is 18.9 Å². The molecule has 4 nitrogen and oxygen atoms in total. The summed E-state index contributed by atoms with van der Waals surface area (Å²) in [6.45, 7) is 4.10. The van der Waals surface area contributed by atoms with Gasteiger partial charge in [0.2, 0.25) is 5.91 Å². The van der Waals surface area contributed by atoms with Crippen molar-refractivity contribution in [2.45, 2.75) is 51.5 Å². The molecule has 1 fully saturated rings. The molecule has 0 unspecified atom stereocenters. The van der Waals surface area contributed by atoms with Crippen molar-refractivity contribution in [3.8, 4) is 0 Å². The Morgan fingerprint density at radius 3 is 2.73 bits per heavy atom. The quantitative estimate of drug-likeness (QED) is 0.912. The number of rotatable bonds is 4. The fourth-order valence-corrected chi connectivity index (χ4v) is 3.41. The molecule has 0 aliphatic heterocycles. The Balaban J connectivity index is 1.78. The van der Waals surface area contributed by atoms with E-state index in [0.29, 0.717) is 0 Å². The zero-order chi connectivity index (χ0) is 15.7. The molecule has 1 aliphatic rings. The van der Waals surface area contributed by atoms with Crippen molar-refractivity contribution in [1.29, 1.82) is 0 Å². The van der Waals surface area contributed by atoms with E-state index in [4.69, 9.17) is 4.42 Å². The van der Waals surface area contributed by atoms with Gasteiger partial charge in [0.25, 0.3) is 0 Å². The molecule has 1 amide bonds. The van der Waals surface area contributed by atoms with E-state index >= 15 is 0 Å². The number of benzene rings is 1. The van der Waals surface area contributed by atoms with E-state index < -0.39 is 5.54 Å². The molecule has 22 heavy (non-hydrogen) atoms. The molecule has 1 aliphatic carbocycles. The lowest BCUT2D eigenvalue weighted by Gasteiger charge is -2.27. The van der Waals surface area contributed by atoms with Gasteiger partial charge in [-0.2, -0.15) is 0 Å². The Morgan fingerprint density at radius 2 is 2.05 bits per heavy atom. The predicted molar refractivity (Wildman–Crippen MR) is 85.8 cm³/mol. The second-order valence-corrected chi connectivity index (χ2v) is 6.52. The average Bonchev–Trinajstić information content (AvgIpc) is 3.11. The minimum Gasteiger partial charge on any atom is -0.464 e. The van der Waals surface area contributed by atoms with Crippen LogP contribution in [0.15, 0.2) is 22.8 Å². The van der Waals surface area contributed by atoms with Crippen LogP contribution in [-0.4, -0.2) is 23.2 Å². The Kier molecular flexibility index (Phi) is 3.96. The Morgan fingerprint density at radius 1 is 1.32 bits per heavy atom. The summed E-state index contributed by atoms with van der Waals surface area (Å²) in [6.07, 6.45) is 5.81. The third-order valence-corrected chi connectivity index (χ3v) is 4.96. The number of hydrogen-bond acceptors (Lipinski definition) is 3. The van der Waals surface area contributed by atoms with Gasteiger partial charge >= 0.3 is 0 Å². The van der Waals surface area contributed by atoms with Crippen LogP contribution in [0, 0.1) is 13.8 Å². The normalized spacial score (nSPS) is 17.0. The van der Waals surface area contributed by atoms with Gasteiger partial charge in [-0.25, -0.2) is 0 Å². The van der Waals surface area contributed by atoms with Crippen molar-refractivity contribution >= 4 is 16.9 Å². The molecule has 2 N–H and O–H groups in total. The molecule has 0 atom stereocenters. The molecule has 3 rings (SSSR count). The van der Waals surface area contributed by atoms with E-state index in [1.54, 1.807) is 6.26 Å². The van der Waals surface area contributed by atoms with Gasteiger partial charge in [-0.1, -0.05) is 25.0 Å². The number of aliphatic hydroxyl groups is 1. The highest BCUT2D eigenvalue weighted by Gasteiger charge is 2.34. The second kappa shape index (κ2) is 5.76. The highest BCUT2D eigenvalue weighted by Crippen LogP contribution is 2.30. The maximum atomic E-state index is 12.4. The first-order chi connectivity index (χ1) is 10.5. The van der Waals surface area contributed by atoms with Gasteiger partial charge in [0, 0.05) is 10.9 Å². The standard InChI is InChI=1S/C18H23NO3/c1-12-5-6-15-14(10-22-17(15)13(12)2)9-16(21)19-18(11-20)7-3-4-8-18/h5-6,10,20H,3-4,7-9,11H2,1-2H3,(H,19,21). The maximum Gasteiger partial charge on any atom is 0.225 e. The summed E-state index contributed by atoms with van der Waals surface area (Å²) in [5.74, 6) is -0.0446. The molecule has 1 aromatic carbocycles. The van der Waals surface area contributed by atoms with Gasteiger partial charge < -0.3 is 14.8 Å². The highest BCUT2D eigenvalue weighted by atomic mass is 16.3. The molecule has 4 heteroatoms. The summed E-state index contributed by atoms with van der Waals surface area (Å²) in [7, 11) is 0. The lowest BCUT2D eigenvalue weighted by Crippen LogP contribution is -2.49. The third-order valence-electron chi connectivity index (χ3n) is 4.96. The van der Waals surface area contributed by atoms with Crippen LogP contribution in [0.1, 0.15) is 42.4 Å². The van der Waals surface area contributed by atoms with E-state index in [0.717, 1.165) is 47.8 Å². The monoisotopic (exact) mass is 301 g/mol. The van der Waals surface area contributed by atoms with Gasteiger partial charge in [0.1, 0.15) is 5.58 Å². The van der Waals surface area contributed by atoms with Crippen LogP contribution in [0.2, 0.25) is 0 Å². The molecular weight excluding hydrogens is 278 g/mol. The average molecular weight is 301 g/mol. The molecule has 0 radical (unpaired) electrons. The molecule has 0 bridgehead atoms. The number of amides is 1. The van der Waals surface area contributed by atoms with Gasteiger partial charge in [-0.3, -0.25) is 4.79 Å². The summed E-state index contributed by atoms with van der Waals surface area (Å²) in [6, 6.07) is 4.07. The van der Waals surface area contributed by atoms with Crippen molar-refractivity contribution in [2.24, 2.45) is 0 Å². The third kappa shape index (κ3) is 2.63. The van der Waals surface area contributed by atoms with Crippen LogP contribution in [0.4, 0.5) is 0 Å². The van der Waals surface area contributed by atoms with Crippen LogP contribution in [-0.2, 0) is 11.2 Å². The number of carbonyl (C=O) groups is 1. The van der Waals surface area contributed by atoms with Crippen molar-refractivity contribution in [2.75, 3.05) is 6.61 Å². The second-order valence-electron chi connectivity index (χ2n) is 6.52. The van der Waals surface area contributed by atoms with Crippen molar-refractivity contribution in [1.82, 2.24) is 5.32 Å². The first kappa shape index (κ1) is 15.1.